The Labute approximate surface area is 136 Å². The van der Waals surface area contributed by atoms with Crippen LogP contribution in [0.15, 0.2) is 16.5 Å². The van der Waals surface area contributed by atoms with E-state index in [0.29, 0.717) is 5.76 Å². The maximum atomic E-state index is 8.98. The molecule has 0 spiro atoms. The standard InChI is InChI=1S/C19H35NO2/c1-3-4-5-6-7-8-9-10-11-12-15-20(2)16-18-13-14-19(17-21)22-18/h13-14,21H,3-12,15-17H2,1-2H3. The lowest BCUT2D eigenvalue weighted by molar-refractivity contribution is 0.231. The van der Waals surface area contributed by atoms with Gasteiger partial charge in [0.05, 0.1) is 6.54 Å². The Morgan fingerprint density at radius 1 is 0.864 bits per heavy atom. The predicted octanol–water partition coefficient (Wildman–Crippen LogP) is 5.12. The monoisotopic (exact) mass is 309 g/mol. The first-order chi connectivity index (χ1) is 10.8. The minimum Gasteiger partial charge on any atom is -0.462 e. The average molecular weight is 309 g/mol. The van der Waals surface area contributed by atoms with Crippen molar-refractivity contribution < 1.29 is 9.52 Å². The summed E-state index contributed by atoms with van der Waals surface area (Å²) in [5, 5.41) is 8.98. The summed E-state index contributed by atoms with van der Waals surface area (Å²) in [7, 11) is 2.13. The van der Waals surface area contributed by atoms with Gasteiger partial charge in [0.2, 0.25) is 0 Å². The molecule has 1 rings (SSSR count). The van der Waals surface area contributed by atoms with Crippen molar-refractivity contribution in [2.45, 2.75) is 84.3 Å². The summed E-state index contributed by atoms with van der Waals surface area (Å²) in [6.07, 6.45) is 13.8. The van der Waals surface area contributed by atoms with Crippen molar-refractivity contribution in [1.82, 2.24) is 4.90 Å². The molecular weight excluding hydrogens is 274 g/mol. The Bertz CT molecular complexity index is 362. The number of hydrogen-bond acceptors (Lipinski definition) is 3. The second-order valence-corrected chi connectivity index (χ2v) is 6.45. The van der Waals surface area contributed by atoms with Crippen molar-refractivity contribution in [3.8, 4) is 0 Å². The zero-order valence-corrected chi connectivity index (χ0v) is 14.6. The molecule has 1 aromatic rings. The molecular formula is C19H35NO2. The first kappa shape index (κ1) is 19.2. The van der Waals surface area contributed by atoms with Crippen molar-refractivity contribution in [3.05, 3.63) is 23.7 Å². The van der Waals surface area contributed by atoms with Crippen LogP contribution < -0.4 is 0 Å². The van der Waals surface area contributed by atoms with E-state index in [2.05, 4.69) is 18.9 Å². The maximum absolute atomic E-state index is 8.98. The van der Waals surface area contributed by atoms with Gasteiger partial charge in [-0.25, -0.2) is 0 Å². The van der Waals surface area contributed by atoms with Gasteiger partial charge >= 0.3 is 0 Å². The molecule has 1 heterocycles. The van der Waals surface area contributed by atoms with E-state index in [9.17, 15) is 0 Å². The summed E-state index contributed by atoms with van der Waals surface area (Å²) >= 11 is 0. The average Bonchev–Trinajstić information content (AvgIpc) is 2.96. The zero-order chi connectivity index (χ0) is 16.0. The second kappa shape index (κ2) is 12.7. The highest BCUT2D eigenvalue weighted by atomic mass is 16.4. The molecule has 0 amide bonds. The van der Waals surface area contributed by atoms with Gasteiger partial charge in [-0.1, -0.05) is 64.7 Å². The molecule has 1 N–H and O–H groups in total. The van der Waals surface area contributed by atoms with Gasteiger partial charge in [-0.05, 0) is 32.1 Å². The lowest BCUT2D eigenvalue weighted by atomic mass is 10.1. The first-order valence-electron chi connectivity index (χ1n) is 9.13. The summed E-state index contributed by atoms with van der Waals surface area (Å²) in [6, 6.07) is 3.81. The third-order valence-electron chi connectivity index (χ3n) is 4.19. The minimum atomic E-state index is -0.0117. The van der Waals surface area contributed by atoms with E-state index in [1.807, 2.05) is 12.1 Å². The van der Waals surface area contributed by atoms with Crippen LogP contribution >= 0.6 is 0 Å². The lowest BCUT2D eigenvalue weighted by Crippen LogP contribution is -2.18. The highest BCUT2D eigenvalue weighted by Gasteiger charge is 2.04. The molecule has 0 bridgehead atoms. The summed E-state index contributed by atoms with van der Waals surface area (Å²) in [5.74, 6) is 1.60. The van der Waals surface area contributed by atoms with Crippen LogP contribution in [-0.2, 0) is 13.2 Å². The highest BCUT2D eigenvalue weighted by Crippen LogP contribution is 2.12. The van der Waals surface area contributed by atoms with Gasteiger partial charge in [-0.2, -0.15) is 0 Å². The number of hydrogen-bond donors (Lipinski definition) is 1. The molecule has 0 radical (unpaired) electrons. The molecule has 0 aliphatic heterocycles. The number of furan rings is 1. The van der Waals surface area contributed by atoms with Crippen LogP contribution in [0.2, 0.25) is 0 Å². The Morgan fingerprint density at radius 3 is 1.95 bits per heavy atom. The van der Waals surface area contributed by atoms with E-state index in [1.54, 1.807) is 0 Å². The van der Waals surface area contributed by atoms with E-state index in [4.69, 9.17) is 9.52 Å². The van der Waals surface area contributed by atoms with E-state index >= 15 is 0 Å². The smallest absolute Gasteiger partial charge is 0.129 e. The Hall–Kier alpha value is -0.800. The van der Waals surface area contributed by atoms with E-state index in [1.165, 1.54) is 64.2 Å². The largest absolute Gasteiger partial charge is 0.462 e. The van der Waals surface area contributed by atoms with Crippen LogP contribution in [-0.4, -0.2) is 23.6 Å². The SMILES string of the molecule is CCCCCCCCCCCCN(C)Cc1ccc(CO)o1. The number of unbranched alkanes of at least 4 members (excludes halogenated alkanes) is 9. The van der Waals surface area contributed by atoms with Crippen LogP contribution in [0, 0.1) is 0 Å². The molecule has 3 nitrogen and oxygen atoms in total. The molecule has 0 aromatic carbocycles. The summed E-state index contributed by atoms with van der Waals surface area (Å²) in [6.45, 7) is 4.21. The van der Waals surface area contributed by atoms with Crippen LogP contribution in [0.25, 0.3) is 0 Å². The summed E-state index contributed by atoms with van der Waals surface area (Å²) in [5.41, 5.74) is 0. The molecule has 0 unspecified atom stereocenters. The molecule has 0 aliphatic rings. The van der Waals surface area contributed by atoms with E-state index < -0.39 is 0 Å². The number of aliphatic hydroxyl groups excluding tert-OH is 1. The fourth-order valence-corrected chi connectivity index (χ4v) is 2.81. The van der Waals surface area contributed by atoms with Crippen molar-refractivity contribution in [1.29, 1.82) is 0 Å². The molecule has 1 aromatic heterocycles. The molecule has 128 valence electrons. The fraction of sp³-hybridized carbons (Fsp3) is 0.789. The predicted molar refractivity (Wildman–Crippen MR) is 92.8 cm³/mol. The van der Waals surface area contributed by atoms with Gasteiger partial charge in [0.15, 0.2) is 0 Å². The van der Waals surface area contributed by atoms with E-state index in [0.717, 1.165) is 18.8 Å². The Morgan fingerprint density at radius 2 is 1.41 bits per heavy atom. The molecule has 0 saturated heterocycles. The number of nitrogens with zero attached hydrogens (tertiary/aromatic N) is 1. The van der Waals surface area contributed by atoms with Crippen LogP contribution in [0.5, 0.6) is 0 Å². The van der Waals surface area contributed by atoms with Gasteiger partial charge in [0.25, 0.3) is 0 Å². The molecule has 3 heteroatoms. The lowest BCUT2D eigenvalue weighted by Gasteiger charge is -2.14. The van der Waals surface area contributed by atoms with Crippen LogP contribution in [0.1, 0.15) is 82.7 Å². The molecule has 0 atom stereocenters. The van der Waals surface area contributed by atoms with Crippen molar-refractivity contribution in [2.75, 3.05) is 13.6 Å². The molecule has 0 aliphatic carbocycles. The molecule has 0 saturated carbocycles. The number of rotatable bonds is 14. The van der Waals surface area contributed by atoms with Gasteiger partial charge in [0, 0.05) is 0 Å². The maximum Gasteiger partial charge on any atom is 0.129 e. The fourth-order valence-electron chi connectivity index (χ4n) is 2.81. The van der Waals surface area contributed by atoms with Crippen molar-refractivity contribution >= 4 is 0 Å². The highest BCUT2D eigenvalue weighted by molar-refractivity contribution is 5.06. The van der Waals surface area contributed by atoms with Gasteiger partial charge < -0.3 is 9.52 Å². The van der Waals surface area contributed by atoms with Crippen LogP contribution in [0.4, 0.5) is 0 Å². The topological polar surface area (TPSA) is 36.6 Å². The quantitative estimate of drug-likeness (QED) is 0.484. The van der Waals surface area contributed by atoms with Crippen LogP contribution in [0.3, 0.4) is 0 Å². The van der Waals surface area contributed by atoms with Crippen molar-refractivity contribution in [3.63, 3.8) is 0 Å². The third-order valence-corrected chi connectivity index (χ3v) is 4.19. The summed E-state index contributed by atoms with van der Waals surface area (Å²) in [4.78, 5) is 2.30. The number of aliphatic hydroxyl groups is 1. The second-order valence-electron chi connectivity index (χ2n) is 6.45. The van der Waals surface area contributed by atoms with Gasteiger partial charge in [0.1, 0.15) is 18.1 Å². The third kappa shape index (κ3) is 9.26. The first-order valence-corrected chi connectivity index (χ1v) is 9.13. The van der Waals surface area contributed by atoms with Gasteiger partial charge in [-0.3, -0.25) is 4.90 Å². The molecule has 22 heavy (non-hydrogen) atoms. The van der Waals surface area contributed by atoms with E-state index in [-0.39, 0.29) is 6.61 Å². The summed E-state index contributed by atoms with van der Waals surface area (Å²) < 4.78 is 5.51. The molecule has 0 fully saturated rings. The Balaban J connectivity index is 1.91. The van der Waals surface area contributed by atoms with Crippen molar-refractivity contribution in [2.24, 2.45) is 0 Å². The van der Waals surface area contributed by atoms with Gasteiger partial charge in [-0.15, -0.1) is 0 Å². The zero-order valence-electron chi connectivity index (χ0n) is 14.6. The Kier molecular flexibility index (Phi) is 11.1. The normalized spacial score (nSPS) is 11.5. The minimum absolute atomic E-state index is 0.0117.